The first-order valence-electron chi connectivity index (χ1n) is 15.0. The van der Waals surface area contributed by atoms with Crippen molar-refractivity contribution in [2.75, 3.05) is 31.3 Å². The Balaban J connectivity index is 1.88. The number of amides is 4. The van der Waals surface area contributed by atoms with Crippen LogP contribution >= 0.6 is 0 Å². The smallest absolute Gasteiger partial charge is 0.425 e. The van der Waals surface area contributed by atoms with Crippen LogP contribution in [0, 0.1) is 5.82 Å². The summed E-state index contributed by atoms with van der Waals surface area (Å²) in [5, 5.41) is 2.61. The molecule has 1 saturated heterocycles. The lowest BCUT2D eigenvalue weighted by Gasteiger charge is -2.53. The highest BCUT2D eigenvalue weighted by Gasteiger charge is 2.65. The van der Waals surface area contributed by atoms with Crippen molar-refractivity contribution in [3.63, 3.8) is 0 Å². The number of ether oxygens (including phenoxy) is 3. The van der Waals surface area contributed by atoms with Gasteiger partial charge in [-0.25, -0.2) is 27.4 Å². The second-order valence-electron chi connectivity index (χ2n) is 13.9. The Bertz CT molecular complexity index is 1750. The maximum atomic E-state index is 15.7. The van der Waals surface area contributed by atoms with E-state index in [4.69, 9.17) is 14.2 Å². The fraction of sp³-hybridized carbons (Fsp3) is 0.500. The normalized spacial score (nSPS) is 19.8. The minimum absolute atomic E-state index is 0.0285. The van der Waals surface area contributed by atoms with Gasteiger partial charge in [-0.1, -0.05) is 0 Å². The number of halogens is 1. The monoisotopic (exact) mass is 689 g/mol. The number of likely N-dealkylation sites (tertiary alicyclic amines) is 1. The molecule has 0 unspecified atom stereocenters. The number of hydrogen-bond donors (Lipinski definition) is 1. The molecule has 2 aromatic rings. The number of nitrogens with zero attached hydrogens (tertiary/aromatic N) is 4. The summed E-state index contributed by atoms with van der Waals surface area (Å²) in [4.78, 5) is 62.9. The Morgan fingerprint density at radius 2 is 1.56 bits per heavy atom. The molecule has 2 aliphatic rings. The molecule has 4 rings (SSSR count). The molecule has 1 spiro atoms. The molecule has 0 saturated carbocycles. The number of rotatable bonds is 4. The Morgan fingerprint density at radius 3 is 2.04 bits per heavy atom. The third kappa shape index (κ3) is 7.27. The van der Waals surface area contributed by atoms with Gasteiger partial charge in [0, 0.05) is 31.3 Å². The van der Waals surface area contributed by atoms with Gasteiger partial charge in [0.2, 0.25) is 5.91 Å². The number of hydrogen-bond acceptors (Lipinski definition) is 11. The lowest BCUT2D eigenvalue weighted by molar-refractivity contribution is -0.132. The minimum atomic E-state index is -4.42. The van der Waals surface area contributed by atoms with E-state index >= 15 is 4.39 Å². The molecule has 2 aliphatic heterocycles. The molecule has 260 valence electrons. The molecule has 4 amide bonds. The number of methoxy groups -OCH3 is 1. The van der Waals surface area contributed by atoms with Gasteiger partial charge in [-0.15, -0.1) is 0 Å². The van der Waals surface area contributed by atoms with Gasteiger partial charge in [-0.3, -0.25) is 14.6 Å². The summed E-state index contributed by atoms with van der Waals surface area (Å²) in [5.74, 6) is -2.86. The van der Waals surface area contributed by atoms with Gasteiger partial charge in [-0.05, 0) is 78.8 Å². The SMILES string of the molecule is COc1ccc(C(=O)Nc2ccc(F)c([C@]3(C)CS(=O)(=O)C4(CN(C(C)=O)C4)C(N(C(=O)OC(C)(C)C)C(=O)OC(C)(C)C)=N3)c2)nc1. The zero-order chi connectivity index (χ0) is 36.0. The number of aliphatic imine (C=N–C) groups is 1. The fourth-order valence-electron chi connectivity index (χ4n) is 5.25. The maximum absolute atomic E-state index is 15.7. The highest BCUT2D eigenvalue weighted by Crippen LogP contribution is 2.45. The first-order valence-corrected chi connectivity index (χ1v) is 16.6. The standard InChI is InChI=1S/C32H40FN5O9S/c1-19(39)37-16-32(17-37)26(38(27(41)46-29(2,3)4)28(42)47-30(5,6)7)36-31(8,18-48(32,43)44)22-14-20(10-12-23(22)33)35-25(40)24-13-11-21(45-9)15-34-24/h10-15H,16-18H2,1-9H3,(H,35,40)/t31-/m0/s1. The molecule has 48 heavy (non-hydrogen) atoms. The van der Waals surface area contributed by atoms with E-state index in [0.717, 1.165) is 6.07 Å². The second kappa shape index (κ2) is 12.5. The van der Waals surface area contributed by atoms with Crippen molar-refractivity contribution in [1.29, 1.82) is 0 Å². The Kier molecular flexibility index (Phi) is 9.40. The number of carbonyl (C=O) groups excluding carboxylic acids is 4. The number of amidine groups is 1. The fourth-order valence-corrected chi connectivity index (χ4v) is 7.60. The quantitative estimate of drug-likeness (QED) is 0.488. The summed E-state index contributed by atoms with van der Waals surface area (Å²) in [6.07, 6.45) is -1.20. The zero-order valence-corrected chi connectivity index (χ0v) is 29.2. The number of benzene rings is 1. The molecule has 16 heteroatoms. The van der Waals surface area contributed by atoms with Crippen LogP contribution in [0.25, 0.3) is 0 Å². The zero-order valence-electron chi connectivity index (χ0n) is 28.3. The van der Waals surface area contributed by atoms with E-state index in [1.54, 1.807) is 41.5 Å². The average Bonchev–Trinajstić information content (AvgIpc) is 2.90. The lowest BCUT2D eigenvalue weighted by Crippen LogP contribution is -2.77. The van der Waals surface area contributed by atoms with E-state index in [0.29, 0.717) is 10.6 Å². The molecule has 14 nitrogen and oxygen atoms in total. The van der Waals surface area contributed by atoms with Gasteiger partial charge in [0.25, 0.3) is 5.91 Å². The van der Waals surface area contributed by atoms with Crippen LogP contribution in [0.15, 0.2) is 41.5 Å². The topological polar surface area (TPSA) is 174 Å². The predicted molar refractivity (Wildman–Crippen MR) is 173 cm³/mol. The Hall–Kier alpha value is -4.60. The van der Waals surface area contributed by atoms with E-state index in [1.807, 2.05) is 0 Å². The number of anilines is 1. The molecule has 0 aliphatic carbocycles. The van der Waals surface area contributed by atoms with Crippen molar-refractivity contribution in [2.45, 2.75) is 76.9 Å². The van der Waals surface area contributed by atoms with Gasteiger partial charge in [0.15, 0.2) is 14.6 Å². The number of imide groups is 1. The highest BCUT2D eigenvalue weighted by atomic mass is 32.2. The molecule has 0 radical (unpaired) electrons. The van der Waals surface area contributed by atoms with E-state index in [2.05, 4.69) is 15.3 Å². The van der Waals surface area contributed by atoms with Crippen molar-refractivity contribution in [3.05, 3.63) is 53.6 Å². The van der Waals surface area contributed by atoms with Crippen LogP contribution in [0.1, 0.15) is 71.4 Å². The van der Waals surface area contributed by atoms with Gasteiger partial charge in [0.1, 0.15) is 39.8 Å². The highest BCUT2D eigenvalue weighted by molar-refractivity contribution is 7.93. The molecule has 0 bridgehead atoms. The third-order valence-corrected chi connectivity index (χ3v) is 10.1. The van der Waals surface area contributed by atoms with Crippen LogP contribution in [0.3, 0.4) is 0 Å². The van der Waals surface area contributed by atoms with Crippen LogP contribution in [-0.2, 0) is 29.6 Å². The molecule has 1 aromatic heterocycles. The summed E-state index contributed by atoms with van der Waals surface area (Å²) < 4.78 is 58.4. The van der Waals surface area contributed by atoms with Gasteiger partial charge in [-0.2, -0.15) is 4.90 Å². The molecule has 3 heterocycles. The van der Waals surface area contributed by atoms with Crippen LogP contribution < -0.4 is 10.1 Å². The molecular formula is C32H40FN5O9S. The van der Waals surface area contributed by atoms with Gasteiger partial charge >= 0.3 is 12.2 Å². The number of carbonyl (C=O) groups is 4. The molecule has 1 aromatic carbocycles. The average molecular weight is 690 g/mol. The van der Waals surface area contributed by atoms with Crippen molar-refractivity contribution in [3.8, 4) is 5.75 Å². The number of sulfone groups is 1. The summed E-state index contributed by atoms with van der Waals surface area (Å²) in [5.41, 5.74) is -4.35. The van der Waals surface area contributed by atoms with Crippen molar-refractivity contribution in [1.82, 2.24) is 14.8 Å². The van der Waals surface area contributed by atoms with E-state index < -0.39 is 85.8 Å². The second-order valence-corrected chi connectivity index (χ2v) is 16.2. The van der Waals surface area contributed by atoms with Crippen LogP contribution in [-0.4, -0.2) is 94.9 Å². The van der Waals surface area contributed by atoms with E-state index in [-0.39, 0.29) is 16.9 Å². The first kappa shape index (κ1) is 36.2. The molecule has 1 N–H and O–H groups in total. The number of nitrogens with one attached hydrogen (secondary N) is 1. The maximum Gasteiger partial charge on any atom is 0.425 e. The van der Waals surface area contributed by atoms with Crippen molar-refractivity contribution in [2.24, 2.45) is 4.99 Å². The van der Waals surface area contributed by atoms with E-state index in [9.17, 15) is 27.6 Å². The van der Waals surface area contributed by atoms with Crippen LogP contribution in [0.4, 0.5) is 19.7 Å². The Labute approximate surface area is 278 Å². The first-order chi connectivity index (χ1) is 22.0. The van der Waals surface area contributed by atoms with Gasteiger partial charge < -0.3 is 24.4 Å². The molecule has 1 atom stereocenters. The van der Waals surface area contributed by atoms with E-state index in [1.165, 1.54) is 56.3 Å². The van der Waals surface area contributed by atoms with Crippen LogP contribution in [0.5, 0.6) is 5.75 Å². The molecule has 1 fully saturated rings. The lowest BCUT2D eigenvalue weighted by atomic mass is 9.90. The van der Waals surface area contributed by atoms with Gasteiger partial charge in [0.05, 0.1) is 19.1 Å². The summed E-state index contributed by atoms with van der Waals surface area (Å²) in [6, 6.07) is 6.49. The third-order valence-electron chi connectivity index (χ3n) is 7.54. The molecular weight excluding hydrogens is 649 g/mol. The van der Waals surface area contributed by atoms with Crippen LogP contribution in [0.2, 0.25) is 0 Å². The summed E-state index contributed by atoms with van der Waals surface area (Å²) in [6.45, 7) is 11.0. The summed E-state index contributed by atoms with van der Waals surface area (Å²) in [7, 11) is -2.97. The number of pyridine rings is 1. The predicted octanol–water partition coefficient (Wildman–Crippen LogP) is 4.30. The Morgan fingerprint density at radius 1 is 0.979 bits per heavy atom. The number of aromatic nitrogens is 1. The largest absolute Gasteiger partial charge is 0.495 e. The van der Waals surface area contributed by atoms with Crippen molar-refractivity contribution < 1.29 is 46.2 Å². The minimum Gasteiger partial charge on any atom is -0.495 e. The summed E-state index contributed by atoms with van der Waals surface area (Å²) >= 11 is 0. The van der Waals surface area contributed by atoms with Crippen molar-refractivity contribution >= 4 is 45.4 Å².